The van der Waals surface area contributed by atoms with Gasteiger partial charge in [-0.2, -0.15) is 4.37 Å². The first-order chi connectivity index (χ1) is 9.26. The molecule has 0 fully saturated rings. The average Bonchev–Trinajstić information content (AvgIpc) is 2.67. The highest BCUT2D eigenvalue weighted by molar-refractivity contribution is 7.10. The lowest BCUT2D eigenvalue weighted by atomic mass is 9.93. The van der Waals surface area contributed by atoms with Crippen molar-refractivity contribution in [3.63, 3.8) is 0 Å². The van der Waals surface area contributed by atoms with Crippen LogP contribution in [0.25, 0.3) is 0 Å². The summed E-state index contributed by atoms with van der Waals surface area (Å²) in [7, 11) is 4.12. The van der Waals surface area contributed by atoms with Gasteiger partial charge in [0.1, 0.15) is 10.6 Å². The molecule has 0 saturated carbocycles. The third kappa shape index (κ3) is 4.76. The molecule has 20 heavy (non-hydrogen) atoms. The molecular formula is C14H25N3O2S. The summed E-state index contributed by atoms with van der Waals surface area (Å²) in [6.07, 6.45) is 0. The summed E-state index contributed by atoms with van der Waals surface area (Å²) < 4.78 is 9.33. The van der Waals surface area contributed by atoms with E-state index in [2.05, 4.69) is 42.5 Å². The minimum Gasteiger partial charge on any atom is -0.462 e. The first-order valence-corrected chi connectivity index (χ1v) is 7.56. The molecule has 1 aromatic heterocycles. The maximum atomic E-state index is 11.9. The van der Waals surface area contributed by atoms with Crippen molar-refractivity contribution in [1.29, 1.82) is 0 Å². The lowest BCUT2D eigenvalue weighted by Gasteiger charge is -2.28. The summed E-state index contributed by atoms with van der Waals surface area (Å²) in [5, 5.41) is 4.15. The van der Waals surface area contributed by atoms with Crippen molar-refractivity contribution in [3.05, 3.63) is 11.3 Å². The van der Waals surface area contributed by atoms with Gasteiger partial charge in [0.2, 0.25) is 0 Å². The van der Waals surface area contributed by atoms with E-state index in [4.69, 9.17) is 4.74 Å². The van der Waals surface area contributed by atoms with Gasteiger partial charge >= 0.3 is 5.97 Å². The molecule has 0 amide bonds. The van der Waals surface area contributed by atoms with E-state index >= 15 is 0 Å². The second-order valence-electron chi connectivity index (χ2n) is 5.95. The zero-order valence-electron chi connectivity index (χ0n) is 13.2. The van der Waals surface area contributed by atoms with Gasteiger partial charge < -0.3 is 15.0 Å². The zero-order chi connectivity index (χ0) is 15.3. The van der Waals surface area contributed by atoms with Crippen LogP contribution < -0.4 is 5.32 Å². The van der Waals surface area contributed by atoms with Gasteiger partial charge in [-0.15, -0.1) is 0 Å². The third-order valence-corrected chi connectivity index (χ3v) is 3.71. The highest BCUT2D eigenvalue weighted by Crippen LogP contribution is 2.27. The van der Waals surface area contributed by atoms with Crippen LogP contribution >= 0.6 is 11.5 Å². The topological polar surface area (TPSA) is 54.5 Å². The number of ether oxygens (including phenoxy) is 1. The van der Waals surface area contributed by atoms with Crippen molar-refractivity contribution in [2.45, 2.75) is 27.7 Å². The maximum absolute atomic E-state index is 11.9. The molecule has 6 heteroatoms. The summed E-state index contributed by atoms with van der Waals surface area (Å²) in [4.78, 5) is 14.1. The molecule has 0 aromatic carbocycles. The molecule has 1 aromatic rings. The molecule has 0 saturated heterocycles. The molecular weight excluding hydrogens is 274 g/mol. The maximum Gasteiger partial charge on any atom is 0.343 e. The number of carbonyl (C=O) groups excluding carboxylic acids is 1. The fourth-order valence-electron chi connectivity index (χ4n) is 2.17. The number of aryl methyl sites for hydroxylation is 1. The standard InChI is InChI=1S/C14H25N3O2S/c1-7-19-13(18)11-10(2)16-20-12(11)15-8-14(3,4)9-17(5)6/h15H,7-9H2,1-6H3. The molecule has 0 aliphatic heterocycles. The lowest BCUT2D eigenvalue weighted by molar-refractivity contribution is 0.0527. The van der Waals surface area contributed by atoms with E-state index in [1.165, 1.54) is 11.5 Å². The Morgan fingerprint density at radius 3 is 2.65 bits per heavy atom. The monoisotopic (exact) mass is 299 g/mol. The van der Waals surface area contributed by atoms with Gasteiger partial charge in [-0.1, -0.05) is 13.8 Å². The van der Waals surface area contributed by atoms with Gasteiger partial charge in [0.15, 0.2) is 0 Å². The number of nitrogens with zero attached hydrogens (tertiary/aromatic N) is 2. The number of nitrogens with one attached hydrogen (secondary N) is 1. The Labute approximate surface area is 125 Å². The van der Waals surface area contributed by atoms with Crippen LogP contribution in [0, 0.1) is 12.3 Å². The predicted octanol–water partition coefficient (Wildman–Crippen LogP) is 2.63. The van der Waals surface area contributed by atoms with Crippen molar-refractivity contribution in [2.75, 3.05) is 39.1 Å². The summed E-state index contributed by atoms with van der Waals surface area (Å²) in [5.74, 6) is -0.299. The van der Waals surface area contributed by atoms with Gasteiger partial charge in [-0.25, -0.2) is 4.79 Å². The van der Waals surface area contributed by atoms with Crippen LogP contribution in [0.2, 0.25) is 0 Å². The van der Waals surface area contributed by atoms with Gasteiger partial charge in [0, 0.05) is 13.1 Å². The Kier molecular flexibility index (Phi) is 5.95. The van der Waals surface area contributed by atoms with Crippen LogP contribution in [-0.2, 0) is 4.74 Å². The number of hydrogen-bond acceptors (Lipinski definition) is 6. The van der Waals surface area contributed by atoms with Crippen LogP contribution in [0.5, 0.6) is 0 Å². The molecule has 0 bridgehead atoms. The van der Waals surface area contributed by atoms with E-state index in [1.807, 2.05) is 6.92 Å². The van der Waals surface area contributed by atoms with Crippen LogP contribution in [0.3, 0.4) is 0 Å². The van der Waals surface area contributed by atoms with Crippen molar-refractivity contribution in [3.8, 4) is 0 Å². The molecule has 0 atom stereocenters. The SMILES string of the molecule is CCOC(=O)c1c(C)nsc1NCC(C)(C)CN(C)C. The summed E-state index contributed by atoms with van der Waals surface area (Å²) in [5.41, 5.74) is 1.40. The zero-order valence-corrected chi connectivity index (χ0v) is 14.1. The fraction of sp³-hybridized carbons (Fsp3) is 0.714. The fourth-order valence-corrected chi connectivity index (χ4v) is 2.94. The Hall–Kier alpha value is -1.14. The Bertz CT molecular complexity index is 455. The molecule has 0 spiro atoms. The van der Waals surface area contributed by atoms with E-state index < -0.39 is 0 Å². The minimum atomic E-state index is -0.299. The number of rotatable bonds is 7. The number of hydrogen-bond donors (Lipinski definition) is 1. The second kappa shape index (κ2) is 7.04. The average molecular weight is 299 g/mol. The van der Waals surface area contributed by atoms with E-state index in [0.29, 0.717) is 12.2 Å². The highest BCUT2D eigenvalue weighted by atomic mass is 32.1. The molecule has 0 aliphatic rings. The van der Waals surface area contributed by atoms with E-state index in [1.54, 1.807) is 6.92 Å². The van der Waals surface area contributed by atoms with E-state index in [-0.39, 0.29) is 11.4 Å². The Morgan fingerprint density at radius 2 is 2.10 bits per heavy atom. The largest absolute Gasteiger partial charge is 0.462 e. The van der Waals surface area contributed by atoms with Crippen molar-refractivity contribution < 1.29 is 9.53 Å². The molecule has 1 rings (SSSR count). The number of esters is 1. The van der Waals surface area contributed by atoms with E-state index in [0.717, 1.165) is 23.8 Å². The van der Waals surface area contributed by atoms with Crippen LogP contribution in [0.4, 0.5) is 5.00 Å². The molecule has 1 N–H and O–H groups in total. The molecule has 114 valence electrons. The van der Waals surface area contributed by atoms with Crippen molar-refractivity contribution in [2.24, 2.45) is 5.41 Å². The minimum absolute atomic E-state index is 0.104. The molecule has 5 nitrogen and oxygen atoms in total. The van der Waals surface area contributed by atoms with Gasteiger partial charge in [-0.05, 0) is 44.9 Å². The number of carbonyl (C=O) groups is 1. The molecule has 0 radical (unpaired) electrons. The van der Waals surface area contributed by atoms with Gasteiger partial charge in [0.05, 0.1) is 12.3 Å². The lowest BCUT2D eigenvalue weighted by Crippen LogP contribution is -2.34. The summed E-state index contributed by atoms with van der Waals surface area (Å²) in [6.45, 7) is 10.1. The molecule has 0 aliphatic carbocycles. The predicted molar refractivity (Wildman–Crippen MR) is 83.6 cm³/mol. The van der Waals surface area contributed by atoms with Crippen LogP contribution in [-0.4, -0.2) is 49.0 Å². The normalized spacial score (nSPS) is 11.8. The Morgan fingerprint density at radius 1 is 1.45 bits per heavy atom. The smallest absolute Gasteiger partial charge is 0.343 e. The number of aromatic nitrogens is 1. The quantitative estimate of drug-likeness (QED) is 0.784. The molecule has 1 heterocycles. The molecule has 0 unspecified atom stereocenters. The first kappa shape index (κ1) is 16.9. The third-order valence-electron chi connectivity index (χ3n) is 2.81. The van der Waals surface area contributed by atoms with Gasteiger partial charge in [-0.3, -0.25) is 0 Å². The van der Waals surface area contributed by atoms with Gasteiger partial charge in [0.25, 0.3) is 0 Å². The van der Waals surface area contributed by atoms with Crippen LogP contribution in [0.1, 0.15) is 36.8 Å². The summed E-state index contributed by atoms with van der Waals surface area (Å²) >= 11 is 1.31. The van der Waals surface area contributed by atoms with Crippen molar-refractivity contribution in [1.82, 2.24) is 9.27 Å². The summed E-state index contributed by atoms with van der Waals surface area (Å²) in [6, 6.07) is 0. The van der Waals surface area contributed by atoms with Crippen molar-refractivity contribution >= 4 is 22.5 Å². The first-order valence-electron chi connectivity index (χ1n) is 6.79. The van der Waals surface area contributed by atoms with Crippen LogP contribution in [0.15, 0.2) is 0 Å². The second-order valence-corrected chi connectivity index (χ2v) is 6.72. The highest BCUT2D eigenvalue weighted by Gasteiger charge is 2.23. The van der Waals surface area contributed by atoms with E-state index in [9.17, 15) is 4.79 Å². The number of anilines is 1. The Balaban J connectivity index is 2.76.